The van der Waals surface area contributed by atoms with Crippen LogP contribution in [-0.4, -0.2) is 53.9 Å². The van der Waals surface area contributed by atoms with Gasteiger partial charge in [0.05, 0.1) is 5.69 Å². The highest BCUT2D eigenvalue weighted by Gasteiger charge is 2.15. The zero-order chi connectivity index (χ0) is 20.6. The standard InChI is InChI=1S/C24H30N6/c1-25-24(27-15-18-29-17-12-21-5-2-3-6-22(21)19-29)26-14-11-20-7-9-23(10-8-20)30-16-4-13-28-30/h2-10,13,16H,11-12,14-15,17-19H2,1H3,(H2,25,26,27). The van der Waals surface area contributed by atoms with E-state index >= 15 is 0 Å². The molecule has 1 aliphatic heterocycles. The third-order valence-corrected chi connectivity index (χ3v) is 5.57. The fourth-order valence-electron chi connectivity index (χ4n) is 3.86. The molecular weight excluding hydrogens is 372 g/mol. The maximum atomic E-state index is 4.35. The van der Waals surface area contributed by atoms with E-state index in [1.165, 1.54) is 16.7 Å². The van der Waals surface area contributed by atoms with Gasteiger partial charge in [0.2, 0.25) is 0 Å². The zero-order valence-corrected chi connectivity index (χ0v) is 17.6. The van der Waals surface area contributed by atoms with Crippen LogP contribution < -0.4 is 10.6 Å². The summed E-state index contributed by atoms with van der Waals surface area (Å²) in [6.45, 7) is 4.92. The molecule has 0 bridgehead atoms. The van der Waals surface area contributed by atoms with E-state index in [1.54, 1.807) is 6.20 Å². The molecule has 0 saturated heterocycles. The Kier molecular flexibility index (Phi) is 6.77. The summed E-state index contributed by atoms with van der Waals surface area (Å²) in [5.41, 5.74) is 5.33. The van der Waals surface area contributed by atoms with Crippen LogP contribution in [0, 0.1) is 0 Å². The molecule has 6 nitrogen and oxygen atoms in total. The molecule has 1 aromatic heterocycles. The van der Waals surface area contributed by atoms with Crippen LogP contribution in [0.25, 0.3) is 5.69 Å². The summed E-state index contributed by atoms with van der Waals surface area (Å²) in [5, 5.41) is 11.1. The van der Waals surface area contributed by atoms with Crippen molar-refractivity contribution in [1.82, 2.24) is 25.3 Å². The second kappa shape index (κ2) is 10.1. The van der Waals surface area contributed by atoms with E-state index in [2.05, 4.69) is 74.2 Å². The van der Waals surface area contributed by atoms with Gasteiger partial charge >= 0.3 is 0 Å². The summed E-state index contributed by atoms with van der Waals surface area (Å²) in [7, 11) is 1.82. The highest BCUT2D eigenvalue weighted by molar-refractivity contribution is 5.79. The molecule has 0 aliphatic carbocycles. The van der Waals surface area contributed by atoms with Gasteiger partial charge in [0, 0.05) is 52.2 Å². The number of nitrogens with zero attached hydrogens (tertiary/aromatic N) is 4. The summed E-state index contributed by atoms with van der Waals surface area (Å²) >= 11 is 0. The highest BCUT2D eigenvalue weighted by atomic mass is 15.3. The molecule has 6 heteroatoms. The average Bonchev–Trinajstić information content (AvgIpc) is 3.33. The maximum absolute atomic E-state index is 4.35. The largest absolute Gasteiger partial charge is 0.356 e. The number of rotatable bonds is 7. The first-order valence-electron chi connectivity index (χ1n) is 10.6. The van der Waals surface area contributed by atoms with Crippen LogP contribution in [0.5, 0.6) is 0 Å². The molecule has 2 heterocycles. The summed E-state index contributed by atoms with van der Waals surface area (Å²) in [6, 6.07) is 19.2. The summed E-state index contributed by atoms with van der Waals surface area (Å²) in [6.07, 6.45) is 5.83. The molecule has 0 atom stereocenters. The Labute approximate surface area is 178 Å². The van der Waals surface area contributed by atoms with E-state index in [0.717, 1.165) is 57.2 Å². The third-order valence-electron chi connectivity index (χ3n) is 5.57. The van der Waals surface area contributed by atoms with Crippen LogP contribution in [0.15, 0.2) is 72.0 Å². The minimum absolute atomic E-state index is 0.845. The van der Waals surface area contributed by atoms with Gasteiger partial charge in [-0.1, -0.05) is 36.4 Å². The first-order chi connectivity index (χ1) is 14.8. The van der Waals surface area contributed by atoms with Crippen LogP contribution in [-0.2, 0) is 19.4 Å². The number of fused-ring (bicyclic) bond motifs is 1. The number of aliphatic imine (C=N–C) groups is 1. The minimum atomic E-state index is 0.845. The summed E-state index contributed by atoms with van der Waals surface area (Å²) in [5.74, 6) is 0.862. The quantitative estimate of drug-likeness (QED) is 0.471. The molecule has 3 aromatic rings. The molecule has 0 fully saturated rings. The Morgan fingerprint density at radius 1 is 1.00 bits per heavy atom. The highest BCUT2D eigenvalue weighted by Crippen LogP contribution is 2.17. The third kappa shape index (κ3) is 5.27. The van der Waals surface area contributed by atoms with Gasteiger partial charge in [-0.05, 0) is 47.7 Å². The number of nitrogens with one attached hydrogen (secondary N) is 2. The van der Waals surface area contributed by atoms with Crippen molar-refractivity contribution in [2.75, 3.05) is 33.2 Å². The number of hydrogen-bond acceptors (Lipinski definition) is 3. The van der Waals surface area contributed by atoms with Gasteiger partial charge in [-0.25, -0.2) is 4.68 Å². The molecule has 0 amide bonds. The van der Waals surface area contributed by atoms with Crippen LogP contribution >= 0.6 is 0 Å². The van der Waals surface area contributed by atoms with Crippen molar-refractivity contribution in [3.05, 3.63) is 83.7 Å². The lowest BCUT2D eigenvalue weighted by Crippen LogP contribution is -2.43. The number of aromatic nitrogens is 2. The average molecular weight is 403 g/mol. The second-order valence-corrected chi connectivity index (χ2v) is 7.59. The maximum Gasteiger partial charge on any atom is 0.191 e. The zero-order valence-electron chi connectivity index (χ0n) is 17.6. The van der Waals surface area contributed by atoms with Crippen molar-refractivity contribution in [3.8, 4) is 5.69 Å². The van der Waals surface area contributed by atoms with E-state index in [0.29, 0.717) is 0 Å². The van der Waals surface area contributed by atoms with E-state index in [4.69, 9.17) is 0 Å². The van der Waals surface area contributed by atoms with Crippen LogP contribution in [0.1, 0.15) is 16.7 Å². The van der Waals surface area contributed by atoms with Crippen LogP contribution in [0.4, 0.5) is 0 Å². The molecule has 0 radical (unpaired) electrons. The molecule has 1 aliphatic rings. The second-order valence-electron chi connectivity index (χ2n) is 7.59. The smallest absolute Gasteiger partial charge is 0.191 e. The Morgan fingerprint density at radius 2 is 1.80 bits per heavy atom. The predicted molar refractivity (Wildman–Crippen MR) is 122 cm³/mol. The van der Waals surface area contributed by atoms with Gasteiger partial charge in [-0.2, -0.15) is 5.10 Å². The molecule has 4 rings (SSSR count). The molecular formula is C24H30N6. The Hall–Kier alpha value is -3.12. The van der Waals surface area contributed by atoms with Gasteiger partial charge in [0.15, 0.2) is 5.96 Å². The number of hydrogen-bond donors (Lipinski definition) is 2. The van der Waals surface area contributed by atoms with Crippen molar-refractivity contribution in [1.29, 1.82) is 0 Å². The summed E-state index contributed by atoms with van der Waals surface area (Å²) < 4.78 is 1.87. The molecule has 156 valence electrons. The predicted octanol–water partition coefficient (Wildman–Crippen LogP) is 2.64. The van der Waals surface area contributed by atoms with Gasteiger partial charge in [0.25, 0.3) is 0 Å². The first kappa shape index (κ1) is 20.2. The van der Waals surface area contributed by atoms with Crippen molar-refractivity contribution >= 4 is 5.96 Å². The van der Waals surface area contributed by atoms with Crippen molar-refractivity contribution in [2.24, 2.45) is 4.99 Å². The van der Waals surface area contributed by atoms with E-state index in [9.17, 15) is 0 Å². The van der Waals surface area contributed by atoms with Gasteiger partial charge in [-0.3, -0.25) is 9.89 Å². The molecule has 2 aromatic carbocycles. The SMILES string of the molecule is CN=C(NCCc1ccc(-n2cccn2)cc1)NCCN1CCc2ccccc2C1. The lowest BCUT2D eigenvalue weighted by molar-refractivity contribution is 0.258. The molecule has 0 unspecified atom stereocenters. The van der Waals surface area contributed by atoms with Crippen LogP contribution in [0.3, 0.4) is 0 Å². The van der Waals surface area contributed by atoms with Gasteiger partial charge < -0.3 is 10.6 Å². The minimum Gasteiger partial charge on any atom is -0.356 e. The van der Waals surface area contributed by atoms with E-state index in [-0.39, 0.29) is 0 Å². The fourth-order valence-corrected chi connectivity index (χ4v) is 3.86. The Morgan fingerprint density at radius 3 is 2.57 bits per heavy atom. The van der Waals surface area contributed by atoms with Crippen molar-refractivity contribution in [2.45, 2.75) is 19.4 Å². The summed E-state index contributed by atoms with van der Waals surface area (Å²) in [4.78, 5) is 6.85. The fraction of sp³-hybridized carbons (Fsp3) is 0.333. The lowest BCUT2D eigenvalue weighted by Gasteiger charge is -2.28. The van der Waals surface area contributed by atoms with E-state index in [1.807, 2.05) is 24.0 Å². The van der Waals surface area contributed by atoms with Gasteiger partial charge in [0.1, 0.15) is 0 Å². The molecule has 0 spiro atoms. The van der Waals surface area contributed by atoms with Crippen molar-refractivity contribution < 1.29 is 0 Å². The number of benzene rings is 2. The monoisotopic (exact) mass is 402 g/mol. The van der Waals surface area contributed by atoms with Crippen molar-refractivity contribution in [3.63, 3.8) is 0 Å². The first-order valence-corrected chi connectivity index (χ1v) is 10.6. The topological polar surface area (TPSA) is 57.5 Å². The molecule has 2 N–H and O–H groups in total. The van der Waals surface area contributed by atoms with Gasteiger partial charge in [-0.15, -0.1) is 0 Å². The number of guanidine groups is 1. The normalized spacial score (nSPS) is 14.4. The lowest BCUT2D eigenvalue weighted by atomic mass is 10.00. The Bertz CT molecular complexity index is 946. The van der Waals surface area contributed by atoms with E-state index < -0.39 is 0 Å². The molecule has 0 saturated carbocycles. The van der Waals surface area contributed by atoms with Crippen LogP contribution in [0.2, 0.25) is 0 Å². The molecule has 30 heavy (non-hydrogen) atoms. The Balaban J connectivity index is 1.17.